The number of carbonyl (C=O) groups is 2. The lowest BCUT2D eigenvalue weighted by Gasteiger charge is -2.35. The van der Waals surface area contributed by atoms with E-state index in [0.29, 0.717) is 12.2 Å². The second-order valence-corrected chi connectivity index (χ2v) is 7.34. The summed E-state index contributed by atoms with van der Waals surface area (Å²) in [5.74, 6) is -2.51. The molecule has 186 valence electrons. The molecule has 0 saturated carbocycles. The second-order valence-electron chi connectivity index (χ2n) is 7.34. The zero-order valence-corrected chi connectivity index (χ0v) is 17.6. The molecular formula is C21H26F6N2O4. The Balaban J connectivity index is 0.000000582. The average Bonchev–Trinajstić information content (AvgIpc) is 2.71. The first kappa shape index (κ1) is 28.4. The number of aliphatic carboxylic acids is 2. The van der Waals surface area contributed by atoms with Crippen LogP contribution >= 0.6 is 0 Å². The standard InChI is InChI=1S/C17H22F6N2.C4H4O4/c18-16(19,20)8-3-11-25(14-6-9-24-10-7-14)12-13-4-1-2-5-15(13)17(21,22)23;5-3(6)1-2-4(7)8/h1-2,4-5,14,24H,3,6-12H2;1-2H,(H,5,6)(H,7,8)/b;2-1+. The Labute approximate surface area is 186 Å². The van der Waals surface area contributed by atoms with Crippen LogP contribution in [-0.2, 0) is 22.3 Å². The van der Waals surface area contributed by atoms with Gasteiger partial charge in [0.25, 0.3) is 0 Å². The van der Waals surface area contributed by atoms with Crippen LogP contribution in [0.5, 0.6) is 0 Å². The van der Waals surface area contributed by atoms with E-state index >= 15 is 0 Å². The number of hydrogen-bond donors (Lipinski definition) is 3. The largest absolute Gasteiger partial charge is 0.478 e. The fourth-order valence-corrected chi connectivity index (χ4v) is 3.34. The van der Waals surface area contributed by atoms with E-state index in [4.69, 9.17) is 10.2 Å². The number of nitrogens with one attached hydrogen (secondary N) is 1. The van der Waals surface area contributed by atoms with Crippen molar-refractivity contribution in [3.63, 3.8) is 0 Å². The SMILES string of the molecule is FC(F)(F)CCCN(Cc1ccccc1C(F)(F)F)C1CCNCC1.O=C(O)/C=C/C(=O)O. The molecule has 0 aromatic heterocycles. The van der Waals surface area contributed by atoms with Crippen LogP contribution in [0.25, 0.3) is 0 Å². The van der Waals surface area contributed by atoms with Gasteiger partial charge in [0.1, 0.15) is 0 Å². The van der Waals surface area contributed by atoms with Crippen LogP contribution in [0.4, 0.5) is 26.3 Å². The van der Waals surface area contributed by atoms with Gasteiger partial charge in [-0.2, -0.15) is 26.3 Å². The Morgan fingerprint density at radius 1 is 1.00 bits per heavy atom. The third kappa shape index (κ3) is 12.3. The van der Waals surface area contributed by atoms with Crippen LogP contribution in [0.15, 0.2) is 36.4 Å². The lowest BCUT2D eigenvalue weighted by molar-refractivity contribution is -0.138. The summed E-state index contributed by atoms with van der Waals surface area (Å²) < 4.78 is 76.8. The first-order valence-electron chi connectivity index (χ1n) is 10.1. The molecule has 1 aromatic carbocycles. The minimum Gasteiger partial charge on any atom is -0.478 e. The highest BCUT2D eigenvalue weighted by Crippen LogP contribution is 2.33. The maximum Gasteiger partial charge on any atom is 0.416 e. The van der Waals surface area contributed by atoms with Crippen LogP contribution < -0.4 is 5.32 Å². The number of alkyl halides is 6. The number of hydrogen-bond acceptors (Lipinski definition) is 4. The summed E-state index contributed by atoms with van der Waals surface area (Å²) in [7, 11) is 0. The highest BCUT2D eigenvalue weighted by atomic mass is 19.4. The zero-order chi connectivity index (χ0) is 25.1. The van der Waals surface area contributed by atoms with E-state index in [-0.39, 0.29) is 31.1 Å². The zero-order valence-electron chi connectivity index (χ0n) is 17.6. The minimum atomic E-state index is -4.47. The Morgan fingerprint density at radius 2 is 1.55 bits per heavy atom. The summed E-state index contributed by atoms with van der Waals surface area (Å²) >= 11 is 0. The van der Waals surface area contributed by atoms with Gasteiger partial charge < -0.3 is 15.5 Å². The molecule has 0 spiro atoms. The maximum absolute atomic E-state index is 13.2. The first-order chi connectivity index (χ1) is 15.3. The van der Waals surface area contributed by atoms with Crippen molar-refractivity contribution < 1.29 is 46.1 Å². The molecule has 1 aliphatic rings. The van der Waals surface area contributed by atoms with Crippen molar-refractivity contribution in [2.75, 3.05) is 19.6 Å². The number of carboxylic acids is 2. The fourth-order valence-electron chi connectivity index (χ4n) is 3.34. The predicted octanol–water partition coefficient (Wildman–Crippen LogP) is 4.31. The van der Waals surface area contributed by atoms with Gasteiger partial charge in [0, 0.05) is 31.2 Å². The van der Waals surface area contributed by atoms with Crippen molar-refractivity contribution in [1.29, 1.82) is 0 Å². The molecule has 0 unspecified atom stereocenters. The van der Waals surface area contributed by atoms with E-state index in [1.54, 1.807) is 4.90 Å². The molecule has 0 amide bonds. The van der Waals surface area contributed by atoms with Gasteiger partial charge in [0.15, 0.2) is 0 Å². The van der Waals surface area contributed by atoms with Gasteiger partial charge in [0.05, 0.1) is 5.56 Å². The average molecular weight is 484 g/mol. The van der Waals surface area contributed by atoms with Crippen molar-refractivity contribution in [3.8, 4) is 0 Å². The molecule has 1 saturated heterocycles. The third-order valence-corrected chi connectivity index (χ3v) is 4.80. The number of benzene rings is 1. The number of nitrogens with zero attached hydrogens (tertiary/aromatic N) is 1. The molecular weight excluding hydrogens is 458 g/mol. The molecule has 33 heavy (non-hydrogen) atoms. The van der Waals surface area contributed by atoms with Crippen LogP contribution in [-0.4, -0.2) is 58.9 Å². The second kappa shape index (κ2) is 13.2. The van der Waals surface area contributed by atoms with Crippen molar-refractivity contribution >= 4 is 11.9 Å². The third-order valence-electron chi connectivity index (χ3n) is 4.80. The molecule has 6 nitrogen and oxygen atoms in total. The quantitative estimate of drug-likeness (QED) is 0.376. The smallest absolute Gasteiger partial charge is 0.416 e. The molecule has 0 aliphatic carbocycles. The summed E-state index contributed by atoms with van der Waals surface area (Å²) in [5, 5.41) is 18.8. The van der Waals surface area contributed by atoms with E-state index in [1.807, 2.05) is 0 Å². The van der Waals surface area contributed by atoms with Gasteiger partial charge in [-0.05, 0) is 50.5 Å². The van der Waals surface area contributed by atoms with Gasteiger partial charge in [-0.25, -0.2) is 9.59 Å². The highest BCUT2D eigenvalue weighted by molar-refractivity contribution is 5.89. The summed E-state index contributed by atoms with van der Waals surface area (Å²) in [6, 6.07) is 5.27. The normalized spacial score (nSPS) is 15.4. The molecule has 12 heteroatoms. The first-order valence-corrected chi connectivity index (χ1v) is 10.1. The molecule has 1 aliphatic heterocycles. The molecule has 0 atom stereocenters. The van der Waals surface area contributed by atoms with Crippen molar-refractivity contribution in [3.05, 3.63) is 47.5 Å². The Hall–Kier alpha value is -2.60. The molecule has 1 aromatic rings. The van der Waals surface area contributed by atoms with Crippen LogP contribution in [0.2, 0.25) is 0 Å². The predicted molar refractivity (Wildman–Crippen MR) is 107 cm³/mol. The molecule has 1 fully saturated rings. The van der Waals surface area contributed by atoms with Gasteiger partial charge in [-0.1, -0.05) is 18.2 Å². The molecule has 0 radical (unpaired) electrons. The van der Waals surface area contributed by atoms with Gasteiger partial charge >= 0.3 is 24.3 Å². The summed E-state index contributed by atoms with van der Waals surface area (Å²) in [6.07, 6.45) is -7.19. The summed E-state index contributed by atoms with van der Waals surface area (Å²) in [6.45, 7) is 1.59. The van der Waals surface area contributed by atoms with Crippen molar-refractivity contribution in [1.82, 2.24) is 10.2 Å². The maximum atomic E-state index is 13.2. The number of halogens is 6. The Bertz CT molecular complexity index is 774. The summed E-state index contributed by atoms with van der Waals surface area (Å²) in [5.41, 5.74) is -0.606. The van der Waals surface area contributed by atoms with Crippen molar-refractivity contribution in [2.24, 2.45) is 0 Å². The summed E-state index contributed by atoms with van der Waals surface area (Å²) in [4.78, 5) is 20.9. The van der Waals surface area contributed by atoms with Crippen molar-refractivity contribution in [2.45, 2.75) is 50.6 Å². The Morgan fingerprint density at radius 3 is 2.03 bits per heavy atom. The number of rotatable bonds is 8. The van der Waals surface area contributed by atoms with E-state index < -0.39 is 36.3 Å². The topological polar surface area (TPSA) is 89.9 Å². The van der Waals surface area contributed by atoms with Crippen LogP contribution in [0.3, 0.4) is 0 Å². The molecule has 2 rings (SSSR count). The highest BCUT2D eigenvalue weighted by Gasteiger charge is 2.34. The van der Waals surface area contributed by atoms with Gasteiger partial charge in [-0.3, -0.25) is 4.90 Å². The monoisotopic (exact) mass is 484 g/mol. The molecule has 1 heterocycles. The van der Waals surface area contributed by atoms with E-state index in [2.05, 4.69) is 5.32 Å². The van der Waals surface area contributed by atoms with Crippen LogP contribution in [0.1, 0.15) is 36.8 Å². The Kier molecular flexibility index (Phi) is 11.4. The van der Waals surface area contributed by atoms with Crippen LogP contribution in [0, 0.1) is 0 Å². The van der Waals surface area contributed by atoms with Gasteiger partial charge in [-0.15, -0.1) is 0 Å². The van der Waals surface area contributed by atoms with E-state index in [9.17, 15) is 35.9 Å². The van der Waals surface area contributed by atoms with E-state index in [1.165, 1.54) is 18.2 Å². The number of carboxylic acid groups (broad SMARTS) is 2. The van der Waals surface area contributed by atoms with E-state index in [0.717, 1.165) is 32.0 Å². The minimum absolute atomic E-state index is 0.00391. The lowest BCUT2D eigenvalue weighted by Crippen LogP contribution is -2.43. The lowest BCUT2D eigenvalue weighted by atomic mass is 10.0. The fraction of sp³-hybridized carbons (Fsp3) is 0.524. The number of piperidine rings is 1. The molecule has 3 N–H and O–H groups in total. The van der Waals surface area contributed by atoms with Gasteiger partial charge in [0.2, 0.25) is 0 Å². The molecule has 0 bridgehead atoms.